The molecule has 1 N–H and O–H groups in total. The smallest absolute Gasteiger partial charge is 0.0639 e. The van der Waals surface area contributed by atoms with Crippen LogP contribution in [0.25, 0.3) is 0 Å². The fraction of sp³-hybridized carbons (Fsp3) is 0.600. The molecule has 0 heterocycles. The van der Waals surface area contributed by atoms with E-state index in [9.17, 15) is 0 Å². The summed E-state index contributed by atoms with van der Waals surface area (Å²) >= 11 is 11.3. The van der Waals surface area contributed by atoms with Crippen LogP contribution in [0.5, 0.6) is 0 Å². The monoisotopic (exact) mass is 222 g/mol. The van der Waals surface area contributed by atoms with Crippen LogP contribution in [0.2, 0.25) is 0 Å². The molecule has 1 nitrogen and oxygen atoms in total. The van der Waals surface area contributed by atoms with Gasteiger partial charge in [-0.05, 0) is 19.8 Å². The van der Waals surface area contributed by atoms with Gasteiger partial charge in [-0.25, -0.2) is 0 Å². The highest BCUT2D eigenvalue weighted by Gasteiger charge is 1.93. The van der Waals surface area contributed by atoms with Gasteiger partial charge < -0.3 is 5.11 Å². The van der Waals surface area contributed by atoms with Crippen LogP contribution in [0.15, 0.2) is 23.3 Å². The second kappa shape index (κ2) is 8.61. The summed E-state index contributed by atoms with van der Waals surface area (Å²) in [5.41, 5.74) is 2.17. The lowest BCUT2D eigenvalue weighted by atomic mass is 10.1. The summed E-state index contributed by atoms with van der Waals surface area (Å²) in [7, 11) is 0. The zero-order valence-electron chi connectivity index (χ0n) is 7.89. The summed E-state index contributed by atoms with van der Waals surface area (Å²) in [6.45, 7) is 2.04. The Balaban J connectivity index is 3.79. The minimum atomic E-state index is 0.134. The molecule has 0 aliphatic heterocycles. The van der Waals surface area contributed by atoms with E-state index in [0.29, 0.717) is 11.8 Å². The van der Waals surface area contributed by atoms with E-state index < -0.39 is 0 Å². The van der Waals surface area contributed by atoms with Crippen LogP contribution in [0.3, 0.4) is 0 Å². The average Bonchev–Trinajstić information content (AvgIpc) is 2.16. The Morgan fingerprint density at radius 1 is 1.31 bits per heavy atom. The first-order valence-electron chi connectivity index (χ1n) is 4.31. The molecule has 0 spiro atoms. The average molecular weight is 223 g/mol. The number of halogens is 2. The lowest BCUT2D eigenvalue weighted by molar-refractivity contribution is 0.331. The van der Waals surface area contributed by atoms with Crippen LogP contribution >= 0.6 is 23.2 Å². The van der Waals surface area contributed by atoms with E-state index in [2.05, 4.69) is 0 Å². The predicted octanol–water partition coefficient (Wildman–Crippen LogP) is 3.11. The SMILES string of the molecule is C/C(=C\CC/C(=C/CCl)CCl)CO. The first-order chi connectivity index (χ1) is 6.24. The molecule has 0 amide bonds. The number of alkyl halides is 2. The van der Waals surface area contributed by atoms with Crippen molar-refractivity contribution in [3.63, 3.8) is 0 Å². The number of hydrogen-bond donors (Lipinski definition) is 1. The van der Waals surface area contributed by atoms with Crippen LogP contribution < -0.4 is 0 Å². The van der Waals surface area contributed by atoms with Gasteiger partial charge >= 0.3 is 0 Å². The Labute approximate surface area is 90.0 Å². The highest BCUT2D eigenvalue weighted by atomic mass is 35.5. The Morgan fingerprint density at radius 2 is 2.00 bits per heavy atom. The van der Waals surface area contributed by atoms with Crippen LogP contribution in [0.4, 0.5) is 0 Å². The molecule has 0 saturated heterocycles. The zero-order valence-corrected chi connectivity index (χ0v) is 9.41. The van der Waals surface area contributed by atoms with Gasteiger partial charge in [0.25, 0.3) is 0 Å². The van der Waals surface area contributed by atoms with Crippen molar-refractivity contribution in [2.45, 2.75) is 19.8 Å². The number of rotatable bonds is 6. The van der Waals surface area contributed by atoms with Gasteiger partial charge in [0, 0.05) is 11.8 Å². The van der Waals surface area contributed by atoms with Crippen LogP contribution in [0, 0.1) is 0 Å². The molecule has 0 aromatic heterocycles. The molecule has 3 heteroatoms. The van der Waals surface area contributed by atoms with E-state index in [1.165, 1.54) is 5.57 Å². The quantitative estimate of drug-likeness (QED) is 0.541. The fourth-order valence-electron chi connectivity index (χ4n) is 0.901. The molecule has 13 heavy (non-hydrogen) atoms. The fourth-order valence-corrected chi connectivity index (χ4v) is 1.36. The lowest BCUT2D eigenvalue weighted by Gasteiger charge is -2.00. The summed E-state index contributed by atoms with van der Waals surface area (Å²) in [5, 5.41) is 8.73. The van der Waals surface area contributed by atoms with Crippen LogP contribution in [-0.2, 0) is 0 Å². The minimum Gasteiger partial charge on any atom is -0.392 e. The molecule has 0 aromatic carbocycles. The van der Waals surface area contributed by atoms with E-state index >= 15 is 0 Å². The summed E-state index contributed by atoms with van der Waals surface area (Å²) in [4.78, 5) is 0. The summed E-state index contributed by atoms with van der Waals surface area (Å²) in [6, 6.07) is 0. The van der Waals surface area contributed by atoms with E-state index in [4.69, 9.17) is 28.3 Å². The first-order valence-corrected chi connectivity index (χ1v) is 5.37. The highest BCUT2D eigenvalue weighted by Crippen LogP contribution is 2.09. The molecule has 0 aliphatic carbocycles. The lowest BCUT2D eigenvalue weighted by Crippen LogP contribution is -1.88. The maximum atomic E-state index is 8.73. The summed E-state index contributed by atoms with van der Waals surface area (Å²) in [6.07, 6.45) is 5.81. The number of allylic oxidation sites excluding steroid dienone is 3. The normalized spacial score (nSPS) is 13.5. The molecule has 0 saturated carbocycles. The second-order valence-electron chi connectivity index (χ2n) is 2.90. The molecular weight excluding hydrogens is 207 g/mol. The van der Waals surface area contributed by atoms with Crippen molar-refractivity contribution in [1.82, 2.24) is 0 Å². The van der Waals surface area contributed by atoms with Gasteiger partial charge in [0.2, 0.25) is 0 Å². The van der Waals surface area contributed by atoms with Crippen molar-refractivity contribution >= 4 is 23.2 Å². The standard InChI is InChI=1S/C10H16Cl2O/c1-9(8-13)3-2-4-10(7-12)5-6-11/h3,5,13H,2,4,6-8H2,1H3/b9-3+,10-5-. The van der Waals surface area contributed by atoms with Gasteiger partial charge in [-0.1, -0.05) is 23.3 Å². The molecule has 0 radical (unpaired) electrons. The third kappa shape index (κ3) is 7.12. The van der Waals surface area contributed by atoms with Crippen LogP contribution in [0.1, 0.15) is 19.8 Å². The molecule has 0 rings (SSSR count). The molecule has 0 atom stereocenters. The topological polar surface area (TPSA) is 20.2 Å². The first kappa shape index (κ1) is 13.0. The molecule has 0 unspecified atom stereocenters. The van der Waals surface area contributed by atoms with Gasteiger partial charge in [0.1, 0.15) is 0 Å². The molecule has 0 aromatic rings. The van der Waals surface area contributed by atoms with Gasteiger partial charge in [-0.15, -0.1) is 23.2 Å². The van der Waals surface area contributed by atoms with E-state index in [0.717, 1.165) is 18.4 Å². The molecular formula is C10H16Cl2O. The summed E-state index contributed by atoms with van der Waals surface area (Å²) < 4.78 is 0. The summed E-state index contributed by atoms with van der Waals surface area (Å²) in [5.74, 6) is 1.06. The largest absolute Gasteiger partial charge is 0.392 e. The van der Waals surface area contributed by atoms with Gasteiger partial charge in [-0.2, -0.15) is 0 Å². The van der Waals surface area contributed by atoms with E-state index in [1.807, 2.05) is 19.1 Å². The zero-order chi connectivity index (χ0) is 10.1. The van der Waals surface area contributed by atoms with Crippen molar-refractivity contribution < 1.29 is 5.11 Å². The Morgan fingerprint density at radius 3 is 2.46 bits per heavy atom. The third-order valence-electron chi connectivity index (χ3n) is 1.75. The molecule has 0 fully saturated rings. The van der Waals surface area contributed by atoms with Crippen molar-refractivity contribution in [1.29, 1.82) is 0 Å². The van der Waals surface area contributed by atoms with E-state index in [-0.39, 0.29) is 6.61 Å². The minimum absolute atomic E-state index is 0.134. The Bertz CT molecular complexity index is 185. The van der Waals surface area contributed by atoms with Crippen molar-refractivity contribution in [3.8, 4) is 0 Å². The van der Waals surface area contributed by atoms with Crippen LogP contribution in [-0.4, -0.2) is 23.5 Å². The van der Waals surface area contributed by atoms with E-state index in [1.54, 1.807) is 0 Å². The Kier molecular flexibility index (Phi) is 8.62. The van der Waals surface area contributed by atoms with Gasteiger partial charge in [-0.3, -0.25) is 0 Å². The van der Waals surface area contributed by atoms with Crippen molar-refractivity contribution in [2.24, 2.45) is 0 Å². The van der Waals surface area contributed by atoms with Crippen molar-refractivity contribution in [2.75, 3.05) is 18.4 Å². The molecule has 76 valence electrons. The van der Waals surface area contributed by atoms with Gasteiger partial charge in [0.15, 0.2) is 0 Å². The molecule has 0 aliphatic rings. The predicted molar refractivity (Wildman–Crippen MR) is 59.6 cm³/mol. The van der Waals surface area contributed by atoms with Gasteiger partial charge in [0.05, 0.1) is 6.61 Å². The van der Waals surface area contributed by atoms with Crippen molar-refractivity contribution in [3.05, 3.63) is 23.3 Å². The number of aliphatic hydroxyl groups excluding tert-OH is 1. The maximum Gasteiger partial charge on any atom is 0.0639 e. The number of hydrogen-bond acceptors (Lipinski definition) is 1. The Hall–Kier alpha value is 0.0200. The highest BCUT2D eigenvalue weighted by molar-refractivity contribution is 6.20. The number of aliphatic hydroxyl groups is 1. The third-order valence-corrected chi connectivity index (χ3v) is 2.24. The second-order valence-corrected chi connectivity index (χ2v) is 3.47. The maximum absolute atomic E-state index is 8.73. The molecule has 0 bridgehead atoms.